The van der Waals surface area contributed by atoms with E-state index in [9.17, 15) is 4.79 Å². The Bertz CT molecular complexity index is 1060. The minimum atomic E-state index is 0.0595. The normalized spacial score (nSPS) is 19.3. The van der Waals surface area contributed by atoms with Crippen molar-refractivity contribution in [1.82, 2.24) is 25.2 Å². The number of benzene rings is 1. The van der Waals surface area contributed by atoms with E-state index in [4.69, 9.17) is 0 Å². The Labute approximate surface area is 194 Å². The van der Waals surface area contributed by atoms with Gasteiger partial charge in [-0.05, 0) is 30.2 Å². The van der Waals surface area contributed by atoms with Crippen LogP contribution in [0, 0.1) is 0 Å². The number of nitrogens with one attached hydrogen (secondary N) is 1. The van der Waals surface area contributed by atoms with Crippen LogP contribution in [0.4, 0.5) is 11.8 Å². The average Bonchev–Trinajstić information content (AvgIpc) is 3.16. The van der Waals surface area contributed by atoms with Crippen LogP contribution in [0.1, 0.15) is 28.4 Å². The molecule has 1 aromatic carbocycles. The average molecular weight is 444 g/mol. The summed E-state index contributed by atoms with van der Waals surface area (Å²) >= 11 is 0. The zero-order valence-corrected chi connectivity index (χ0v) is 18.7. The number of hydrogen-bond acceptors (Lipinski definition) is 7. The van der Waals surface area contributed by atoms with E-state index in [2.05, 4.69) is 54.3 Å². The SMILES string of the molecule is O=C(c1ccnc(N2CCNC(c3ccccc3)C2)c1)N1CCCN(c2ncccn2)CC1. The highest BCUT2D eigenvalue weighted by Gasteiger charge is 2.24. The predicted molar refractivity (Wildman–Crippen MR) is 128 cm³/mol. The summed E-state index contributed by atoms with van der Waals surface area (Å²) in [5, 5.41) is 3.59. The van der Waals surface area contributed by atoms with Gasteiger partial charge < -0.3 is 20.0 Å². The van der Waals surface area contributed by atoms with Gasteiger partial charge in [0.1, 0.15) is 5.82 Å². The molecule has 1 atom stereocenters. The lowest BCUT2D eigenvalue weighted by Gasteiger charge is -2.35. The molecule has 2 aliphatic heterocycles. The molecule has 8 heteroatoms. The second-order valence-electron chi connectivity index (χ2n) is 8.45. The van der Waals surface area contributed by atoms with Gasteiger partial charge in [0.15, 0.2) is 0 Å². The van der Waals surface area contributed by atoms with E-state index in [-0.39, 0.29) is 11.9 Å². The van der Waals surface area contributed by atoms with E-state index >= 15 is 0 Å². The summed E-state index contributed by atoms with van der Waals surface area (Å²) in [6, 6.07) is 16.3. The summed E-state index contributed by atoms with van der Waals surface area (Å²) in [7, 11) is 0. The van der Waals surface area contributed by atoms with Crippen molar-refractivity contribution in [2.45, 2.75) is 12.5 Å². The molecule has 2 aliphatic rings. The number of carbonyl (C=O) groups excluding carboxylic acids is 1. The lowest BCUT2D eigenvalue weighted by atomic mass is 10.0. The molecule has 2 aromatic heterocycles. The minimum absolute atomic E-state index is 0.0595. The van der Waals surface area contributed by atoms with E-state index in [1.165, 1.54) is 5.56 Å². The minimum Gasteiger partial charge on any atom is -0.353 e. The molecule has 0 radical (unpaired) electrons. The molecule has 1 N–H and O–H groups in total. The maximum absolute atomic E-state index is 13.3. The smallest absolute Gasteiger partial charge is 0.254 e. The number of nitrogens with zero attached hydrogens (tertiary/aromatic N) is 6. The van der Waals surface area contributed by atoms with Crippen LogP contribution in [0.2, 0.25) is 0 Å². The standard InChI is InChI=1S/C25H29N7O/c33-24(30-13-5-14-31(17-16-30)25-28-9-4-10-29-25)21-8-11-27-23(18-21)32-15-12-26-22(19-32)20-6-2-1-3-7-20/h1-4,6-11,18,22,26H,5,12-17,19H2. The first-order valence-corrected chi connectivity index (χ1v) is 11.6. The number of anilines is 2. The maximum Gasteiger partial charge on any atom is 0.254 e. The summed E-state index contributed by atoms with van der Waals surface area (Å²) in [6.07, 6.45) is 6.16. The highest BCUT2D eigenvalue weighted by Crippen LogP contribution is 2.22. The van der Waals surface area contributed by atoms with Crippen molar-refractivity contribution in [1.29, 1.82) is 0 Å². The van der Waals surface area contributed by atoms with Gasteiger partial charge in [0.05, 0.1) is 0 Å². The highest BCUT2D eigenvalue weighted by atomic mass is 16.2. The lowest BCUT2D eigenvalue weighted by molar-refractivity contribution is 0.0767. The summed E-state index contributed by atoms with van der Waals surface area (Å²) in [6.45, 7) is 5.51. The summed E-state index contributed by atoms with van der Waals surface area (Å²) in [4.78, 5) is 33.0. The summed E-state index contributed by atoms with van der Waals surface area (Å²) in [5.74, 6) is 1.64. The van der Waals surface area contributed by atoms with Gasteiger partial charge in [0.25, 0.3) is 5.91 Å². The van der Waals surface area contributed by atoms with Gasteiger partial charge >= 0.3 is 0 Å². The molecule has 1 unspecified atom stereocenters. The Morgan fingerprint density at radius 2 is 1.70 bits per heavy atom. The van der Waals surface area contributed by atoms with Gasteiger partial charge in [-0.1, -0.05) is 30.3 Å². The monoisotopic (exact) mass is 443 g/mol. The molecular formula is C25H29N7O. The molecule has 3 aromatic rings. The van der Waals surface area contributed by atoms with Crippen LogP contribution in [0.15, 0.2) is 67.1 Å². The molecule has 0 saturated carbocycles. The Morgan fingerprint density at radius 3 is 2.55 bits per heavy atom. The van der Waals surface area contributed by atoms with Gasteiger partial charge in [0.2, 0.25) is 5.95 Å². The number of pyridine rings is 1. The van der Waals surface area contributed by atoms with Crippen LogP contribution < -0.4 is 15.1 Å². The fourth-order valence-electron chi connectivity index (χ4n) is 4.55. The maximum atomic E-state index is 13.3. The van der Waals surface area contributed by atoms with Gasteiger partial charge in [-0.25, -0.2) is 15.0 Å². The molecule has 1 amide bonds. The fraction of sp³-hybridized carbons (Fsp3) is 0.360. The molecule has 2 fully saturated rings. The Morgan fingerprint density at radius 1 is 0.848 bits per heavy atom. The second kappa shape index (κ2) is 9.95. The van der Waals surface area contributed by atoms with Crippen LogP contribution in [0.3, 0.4) is 0 Å². The molecule has 0 bridgehead atoms. The number of amides is 1. The zero-order valence-electron chi connectivity index (χ0n) is 18.7. The topological polar surface area (TPSA) is 77.5 Å². The summed E-state index contributed by atoms with van der Waals surface area (Å²) < 4.78 is 0. The Hall–Kier alpha value is -3.52. The van der Waals surface area contributed by atoms with Crippen LogP contribution in [-0.2, 0) is 0 Å². The molecule has 0 spiro atoms. The van der Waals surface area contributed by atoms with Crippen LogP contribution in [-0.4, -0.2) is 71.6 Å². The Kier molecular flexibility index (Phi) is 6.44. The van der Waals surface area contributed by atoms with Gasteiger partial charge in [-0.2, -0.15) is 0 Å². The van der Waals surface area contributed by atoms with Crippen molar-refractivity contribution >= 4 is 17.7 Å². The molecular weight excluding hydrogens is 414 g/mol. The molecule has 0 aliphatic carbocycles. The molecule has 8 nitrogen and oxygen atoms in total. The van der Waals surface area contributed by atoms with Crippen molar-refractivity contribution in [3.05, 3.63) is 78.2 Å². The first-order valence-electron chi connectivity index (χ1n) is 11.6. The van der Waals surface area contributed by atoms with Gasteiger partial charge in [-0.3, -0.25) is 4.79 Å². The van der Waals surface area contributed by atoms with E-state index in [0.29, 0.717) is 12.1 Å². The molecule has 2 saturated heterocycles. The third kappa shape index (κ3) is 4.96. The van der Waals surface area contributed by atoms with Crippen LogP contribution >= 0.6 is 0 Å². The van der Waals surface area contributed by atoms with Crippen LogP contribution in [0.25, 0.3) is 0 Å². The first-order chi connectivity index (χ1) is 16.3. The van der Waals surface area contributed by atoms with E-state index < -0.39 is 0 Å². The highest BCUT2D eigenvalue weighted by molar-refractivity contribution is 5.95. The number of rotatable bonds is 4. The van der Waals surface area contributed by atoms with Crippen molar-refractivity contribution in [3.8, 4) is 0 Å². The van der Waals surface area contributed by atoms with Crippen molar-refractivity contribution < 1.29 is 4.79 Å². The first kappa shape index (κ1) is 21.3. The van der Waals surface area contributed by atoms with E-state index in [0.717, 1.165) is 57.5 Å². The van der Waals surface area contributed by atoms with Crippen molar-refractivity contribution in [3.63, 3.8) is 0 Å². The van der Waals surface area contributed by atoms with Crippen molar-refractivity contribution in [2.75, 3.05) is 55.6 Å². The number of piperazine rings is 1. The third-order valence-corrected chi connectivity index (χ3v) is 6.31. The Balaban J connectivity index is 1.26. The second-order valence-corrected chi connectivity index (χ2v) is 8.45. The quantitative estimate of drug-likeness (QED) is 0.663. The fourth-order valence-corrected chi connectivity index (χ4v) is 4.55. The molecule has 5 rings (SSSR count). The number of hydrogen-bond donors (Lipinski definition) is 1. The number of carbonyl (C=O) groups is 1. The van der Waals surface area contributed by atoms with Gasteiger partial charge in [0, 0.05) is 76.0 Å². The number of aromatic nitrogens is 3. The van der Waals surface area contributed by atoms with E-state index in [1.807, 2.05) is 29.2 Å². The predicted octanol–water partition coefficient (Wildman–Crippen LogP) is 2.38. The van der Waals surface area contributed by atoms with E-state index in [1.54, 1.807) is 18.6 Å². The molecule has 4 heterocycles. The van der Waals surface area contributed by atoms with Crippen LogP contribution in [0.5, 0.6) is 0 Å². The van der Waals surface area contributed by atoms with Crippen molar-refractivity contribution in [2.24, 2.45) is 0 Å². The zero-order chi connectivity index (χ0) is 22.5. The third-order valence-electron chi connectivity index (χ3n) is 6.31. The molecule has 33 heavy (non-hydrogen) atoms. The lowest BCUT2D eigenvalue weighted by Crippen LogP contribution is -2.46. The van der Waals surface area contributed by atoms with Gasteiger partial charge in [-0.15, -0.1) is 0 Å². The summed E-state index contributed by atoms with van der Waals surface area (Å²) in [5.41, 5.74) is 1.96. The largest absolute Gasteiger partial charge is 0.353 e. The molecule has 170 valence electrons.